The first kappa shape index (κ1) is 17.9. The van der Waals surface area contributed by atoms with Gasteiger partial charge in [-0.15, -0.1) is 0 Å². The number of H-pyrrole nitrogens is 1. The number of anilines is 1. The van der Waals surface area contributed by atoms with Crippen molar-refractivity contribution in [3.05, 3.63) is 51.9 Å². The second-order valence-corrected chi connectivity index (χ2v) is 6.52. The maximum absolute atomic E-state index is 12.5. The molecule has 126 valence electrons. The van der Waals surface area contributed by atoms with Gasteiger partial charge in [0.05, 0.1) is 5.25 Å². The Kier molecular flexibility index (Phi) is 5.92. The molecule has 0 radical (unpaired) electrons. The van der Waals surface area contributed by atoms with Crippen molar-refractivity contribution in [3.8, 4) is 0 Å². The Labute approximate surface area is 144 Å². The van der Waals surface area contributed by atoms with Gasteiger partial charge in [0.15, 0.2) is 10.9 Å². The van der Waals surface area contributed by atoms with Crippen LogP contribution in [0.2, 0.25) is 0 Å². The first-order valence-electron chi connectivity index (χ1n) is 7.55. The van der Waals surface area contributed by atoms with E-state index in [0.717, 1.165) is 0 Å². The number of carbonyl (C=O) groups excluding carboxylic acids is 2. The predicted molar refractivity (Wildman–Crippen MR) is 94.6 cm³/mol. The molecule has 0 saturated carbocycles. The number of hydrogen-bond acceptors (Lipinski definition) is 5. The zero-order valence-electron chi connectivity index (χ0n) is 13.8. The van der Waals surface area contributed by atoms with Gasteiger partial charge >= 0.3 is 0 Å². The molecule has 7 heteroatoms. The standard InChI is InChI=1S/C17H19N3O3S/c1-4-14(24-17-18-10(2)8-15(22)20-17)16(23)19-13-7-5-6-12(9-13)11(3)21/h5-9,14H,4H2,1-3H3,(H,19,23)(H,18,20,22). The Balaban J connectivity index is 2.12. The number of ketones is 1. The molecule has 0 aliphatic rings. The lowest BCUT2D eigenvalue weighted by Crippen LogP contribution is -2.25. The molecule has 1 unspecified atom stereocenters. The number of benzene rings is 1. The van der Waals surface area contributed by atoms with Crippen LogP contribution >= 0.6 is 11.8 Å². The van der Waals surface area contributed by atoms with Crippen molar-refractivity contribution in [2.45, 2.75) is 37.6 Å². The topological polar surface area (TPSA) is 91.9 Å². The van der Waals surface area contributed by atoms with E-state index in [1.165, 1.54) is 24.8 Å². The van der Waals surface area contributed by atoms with E-state index in [4.69, 9.17) is 0 Å². The lowest BCUT2D eigenvalue weighted by atomic mass is 10.1. The van der Waals surface area contributed by atoms with Crippen LogP contribution in [0.1, 0.15) is 36.3 Å². The van der Waals surface area contributed by atoms with Crippen molar-refractivity contribution < 1.29 is 9.59 Å². The summed E-state index contributed by atoms with van der Waals surface area (Å²) in [5, 5.41) is 2.82. The third kappa shape index (κ3) is 4.79. The van der Waals surface area contributed by atoms with E-state index in [-0.39, 0.29) is 17.2 Å². The maximum Gasteiger partial charge on any atom is 0.251 e. The van der Waals surface area contributed by atoms with Crippen LogP contribution in [0.25, 0.3) is 0 Å². The Morgan fingerprint density at radius 1 is 1.33 bits per heavy atom. The molecule has 2 N–H and O–H groups in total. The summed E-state index contributed by atoms with van der Waals surface area (Å²) in [6, 6.07) is 8.20. The quantitative estimate of drug-likeness (QED) is 0.477. The number of nitrogens with one attached hydrogen (secondary N) is 2. The van der Waals surface area contributed by atoms with Gasteiger partial charge in [-0.2, -0.15) is 0 Å². The lowest BCUT2D eigenvalue weighted by Gasteiger charge is -2.14. The molecule has 0 aliphatic heterocycles. The molecule has 0 spiro atoms. The zero-order valence-corrected chi connectivity index (χ0v) is 14.6. The summed E-state index contributed by atoms with van der Waals surface area (Å²) in [5.41, 5.74) is 1.47. The number of aromatic nitrogens is 2. The molecule has 2 rings (SSSR count). The summed E-state index contributed by atoms with van der Waals surface area (Å²) in [6.07, 6.45) is 0.570. The van der Waals surface area contributed by atoms with Gasteiger partial charge in [0.25, 0.3) is 5.56 Å². The number of carbonyl (C=O) groups is 2. The van der Waals surface area contributed by atoms with Gasteiger partial charge in [-0.3, -0.25) is 14.4 Å². The lowest BCUT2D eigenvalue weighted by molar-refractivity contribution is -0.115. The van der Waals surface area contributed by atoms with Crippen molar-refractivity contribution >= 4 is 29.1 Å². The Bertz CT molecular complexity index is 817. The van der Waals surface area contributed by atoms with Gasteiger partial charge in [-0.05, 0) is 32.4 Å². The first-order valence-corrected chi connectivity index (χ1v) is 8.43. The number of rotatable bonds is 6. The zero-order chi connectivity index (χ0) is 17.7. The van der Waals surface area contributed by atoms with Gasteiger partial charge < -0.3 is 10.3 Å². The molecular formula is C17H19N3O3S. The van der Waals surface area contributed by atoms with Crippen LogP contribution in [0.5, 0.6) is 0 Å². The molecule has 6 nitrogen and oxygen atoms in total. The number of thioether (sulfide) groups is 1. The summed E-state index contributed by atoms with van der Waals surface area (Å²) in [6.45, 7) is 5.09. The minimum absolute atomic E-state index is 0.0611. The predicted octanol–water partition coefficient (Wildman–Crippen LogP) is 2.79. The second kappa shape index (κ2) is 7.92. The third-order valence-electron chi connectivity index (χ3n) is 3.30. The van der Waals surface area contributed by atoms with E-state index in [2.05, 4.69) is 15.3 Å². The molecule has 0 aliphatic carbocycles. The van der Waals surface area contributed by atoms with Gasteiger partial charge in [0.2, 0.25) is 5.91 Å². The Morgan fingerprint density at radius 2 is 2.08 bits per heavy atom. The molecule has 24 heavy (non-hydrogen) atoms. The molecule has 0 saturated heterocycles. The molecule has 0 fully saturated rings. The van der Waals surface area contributed by atoms with Gasteiger partial charge in [0.1, 0.15) is 0 Å². The average Bonchev–Trinajstić information content (AvgIpc) is 2.51. The largest absolute Gasteiger partial charge is 0.325 e. The fraction of sp³-hybridized carbons (Fsp3) is 0.294. The van der Waals surface area contributed by atoms with Crippen LogP contribution in [0.3, 0.4) is 0 Å². The number of nitrogens with zero attached hydrogens (tertiary/aromatic N) is 1. The van der Waals surface area contributed by atoms with Crippen LogP contribution in [-0.4, -0.2) is 26.9 Å². The van der Waals surface area contributed by atoms with Crippen molar-refractivity contribution in [3.63, 3.8) is 0 Å². The molecule has 1 heterocycles. The fourth-order valence-electron chi connectivity index (χ4n) is 2.10. The van der Waals surface area contributed by atoms with Crippen molar-refractivity contribution in [1.29, 1.82) is 0 Å². The maximum atomic E-state index is 12.5. The summed E-state index contributed by atoms with van der Waals surface area (Å²) >= 11 is 1.21. The van der Waals surface area contributed by atoms with E-state index in [0.29, 0.717) is 28.5 Å². The highest BCUT2D eigenvalue weighted by Gasteiger charge is 2.19. The van der Waals surface area contributed by atoms with E-state index in [1.54, 1.807) is 31.2 Å². The highest BCUT2D eigenvalue weighted by atomic mass is 32.2. The second-order valence-electron chi connectivity index (χ2n) is 5.33. The molecular weight excluding hydrogens is 326 g/mol. The highest BCUT2D eigenvalue weighted by Crippen LogP contribution is 2.23. The number of amides is 1. The monoisotopic (exact) mass is 345 g/mol. The van der Waals surface area contributed by atoms with Gasteiger partial charge in [-0.25, -0.2) is 4.98 Å². The fourth-order valence-corrected chi connectivity index (χ4v) is 3.06. The molecule has 1 amide bonds. The van der Waals surface area contributed by atoms with Crippen LogP contribution in [0.15, 0.2) is 40.3 Å². The summed E-state index contributed by atoms with van der Waals surface area (Å²) < 4.78 is 0. The van der Waals surface area contributed by atoms with Gasteiger partial charge in [0, 0.05) is 23.0 Å². The molecule has 1 aromatic carbocycles. The minimum atomic E-state index is -0.407. The van der Waals surface area contributed by atoms with Gasteiger partial charge in [-0.1, -0.05) is 30.8 Å². The number of aromatic amines is 1. The summed E-state index contributed by atoms with van der Waals surface area (Å²) in [5.74, 6) is -0.263. The highest BCUT2D eigenvalue weighted by molar-refractivity contribution is 8.00. The normalized spacial score (nSPS) is 11.8. The van der Waals surface area contributed by atoms with Crippen molar-refractivity contribution in [2.24, 2.45) is 0 Å². The first-order chi connectivity index (χ1) is 11.4. The molecule has 1 atom stereocenters. The van der Waals surface area contributed by atoms with E-state index in [9.17, 15) is 14.4 Å². The SMILES string of the molecule is CCC(Sc1nc(C)cc(=O)[nH]1)C(=O)Nc1cccc(C(C)=O)c1. The Hall–Kier alpha value is -2.41. The molecule has 2 aromatic rings. The Morgan fingerprint density at radius 3 is 2.71 bits per heavy atom. The van der Waals surface area contributed by atoms with Crippen LogP contribution < -0.4 is 10.9 Å². The van der Waals surface area contributed by atoms with Crippen LogP contribution in [-0.2, 0) is 4.79 Å². The summed E-state index contributed by atoms with van der Waals surface area (Å²) in [4.78, 5) is 42.2. The molecule has 1 aromatic heterocycles. The van der Waals surface area contributed by atoms with Crippen LogP contribution in [0, 0.1) is 6.92 Å². The molecule has 0 bridgehead atoms. The minimum Gasteiger partial charge on any atom is -0.325 e. The van der Waals surface area contributed by atoms with Crippen molar-refractivity contribution in [2.75, 3.05) is 5.32 Å². The van der Waals surface area contributed by atoms with Crippen LogP contribution in [0.4, 0.5) is 5.69 Å². The van der Waals surface area contributed by atoms with E-state index >= 15 is 0 Å². The average molecular weight is 345 g/mol. The smallest absolute Gasteiger partial charge is 0.251 e. The van der Waals surface area contributed by atoms with E-state index < -0.39 is 5.25 Å². The number of hydrogen-bond donors (Lipinski definition) is 2. The third-order valence-corrected chi connectivity index (χ3v) is 4.55. The summed E-state index contributed by atoms with van der Waals surface area (Å²) in [7, 11) is 0. The number of aryl methyl sites for hydroxylation is 1. The van der Waals surface area contributed by atoms with Crippen molar-refractivity contribution in [1.82, 2.24) is 9.97 Å². The number of Topliss-reactive ketones (excluding diaryl/α,β-unsaturated/α-hetero) is 1. The van der Waals surface area contributed by atoms with E-state index in [1.807, 2.05) is 6.92 Å².